The van der Waals surface area contributed by atoms with Gasteiger partial charge in [-0.3, -0.25) is 14.2 Å². The summed E-state index contributed by atoms with van der Waals surface area (Å²) in [5.74, 6) is 0.0237. The molecule has 0 aliphatic heterocycles. The third kappa shape index (κ3) is 4.47. The highest BCUT2D eigenvalue weighted by Gasteiger charge is 2.14. The maximum atomic E-state index is 12.7. The molecule has 0 bridgehead atoms. The van der Waals surface area contributed by atoms with Crippen molar-refractivity contribution in [2.45, 2.75) is 31.5 Å². The molecule has 1 aromatic carbocycles. The van der Waals surface area contributed by atoms with Gasteiger partial charge in [-0.05, 0) is 42.1 Å². The highest BCUT2D eigenvalue weighted by Crippen LogP contribution is 2.22. The van der Waals surface area contributed by atoms with Gasteiger partial charge >= 0.3 is 0 Å². The molecule has 5 nitrogen and oxygen atoms in total. The monoisotopic (exact) mass is 407 g/mol. The number of unbranched alkanes of at least 4 members (excludes halogenated alkanes) is 1. The zero-order valence-corrected chi connectivity index (χ0v) is 16.6. The predicted octanol–water partition coefficient (Wildman–Crippen LogP) is 4.64. The molecule has 1 N–H and O–H groups in total. The Kier molecular flexibility index (Phi) is 6.34. The van der Waals surface area contributed by atoms with Crippen molar-refractivity contribution in [2.75, 3.05) is 11.1 Å². The van der Waals surface area contributed by atoms with E-state index in [-0.39, 0.29) is 17.2 Å². The summed E-state index contributed by atoms with van der Waals surface area (Å²) in [6, 6.07) is 8.77. The van der Waals surface area contributed by atoms with E-state index in [4.69, 9.17) is 11.6 Å². The van der Waals surface area contributed by atoms with E-state index in [9.17, 15) is 9.59 Å². The number of amides is 1. The molecule has 0 saturated carbocycles. The lowest BCUT2D eigenvalue weighted by molar-refractivity contribution is -0.113. The number of nitrogens with zero attached hydrogens (tertiary/aromatic N) is 2. The standard InChI is InChI=1S/C18H18ClN3O2S2/c1-2-3-9-22-17(24)16-14(8-10-25-16)21-18(22)26-11-15(23)20-13-6-4-12(19)5-7-13/h4-8,10H,2-3,9,11H2,1H3,(H,20,23). The van der Waals surface area contributed by atoms with Crippen LogP contribution in [0.25, 0.3) is 10.2 Å². The SMILES string of the molecule is CCCCn1c(SCC(=O)Nc2ccc(Cl)cc2)nc2ccsc2c1=O. The van der Waals surface area contributed by atoms with E-state index in [1.165, 1.54) is 23.1 Å². The molecule has 0 unspecified atom stereocenters. The average molecular weight is 408 g/mol. The molecular formula is C18H18ClN3O2S2. The summed E-state index contributed by atoms with van der Waals surface area (Å²) in [4.78, 5) is 29.5. The van der Waals surface area contributed by atoms with E-state index in [0.29, 0.717) is 32.6 Å². The van der Waals surface area contributed by atoms with Crippen molar-refractivity contribution in [1.29, 1.82) is 0 Å². The van der Waals surface area contributed by atoms with Crippen LogP contribution >= 0.6 is 34.7 Å². The van der Waals surface area contributed by atoms with Crippen LogP contribution in [0.5, 0.6) is 0 Å². The highest BCUT2D eigenvalue weighted by molar-refractivity contribution is 7.99. The second-order valence-electron chi connectivity index (χ2n) is 5.68. The molecular weight excluding hydrogens is 390 g/mol. The van der Waals surface area contributed by atoms with Gasteiger partial charge in [0.25, 0.3) is 5.56 Å². The minimum Gasteiger partial charge on any atom is -0.325 e. The molecule has 3 rings (SSSR count). The van der Waals surface area contributed by atoms with Crippen LogP contribution in [0.15, 0.2) is 45.7 Å². The maximum absolute atomic E-state index is 12.7. The largest absolute Gasteiger partial charge is 0.325 e. The fourth-order valence-electron chi connectivity index (χ4n) is 2.41. The number of hydrogen-bond donors (Lipinski definition) is 1. The number of fused-ring (bicyclic) bond motifs is 1. The molecule has 0 spiro atoms. The fourth-order valence-corrected chi connectivity index (χ4v) is 4.14. The summed E-state index contributed by atoms with van der Waals surface area (Å²) in [7, 11) is 0. The first kappa shape index (κ1) is 18.9. The summed E-state index contributed by atoms with van der Waals surface area (Å²) >= 11 is 8.53. The van der Waals surface area contributed by atoms with Gasteiger partial charge in [0.1, 0.15) is 4.70 Å². The van der Waals surface area contributed by atoms with E-state index < -0.39 is 0 Å². The topological polar surface area (TPSA) is 64.0 Å². The molecule has 0 aliphatic carbocycles. The number of carbonyl (C=O) groups excluding carboxylic acids is 1. The van der Waals surface area contributed by atoms with Crippen LogP contribution in [0.4, 0.5) is 5.69 Å². The normalized spacial score (nSPS) is 11.0. The molecule has 8 heteroatoms. The van der Waals surface area contributed by atoms with Crippen molar-refractivity contribution in [2.24, 2.45) is 0 Å². The Morgan fingerprint density at radius 1 is 1.31 bits per heavy atom. The van der Waals surface area contributed by atoms with Crippen molar-refractivity contribution in [3.8, 4) is 0 Å². The number of hydrogen-bond acceptors (Lipinski definition) is 5. The number of halogens is 1. The third-order valence-corrected chi connectivity index (χ3v) is 5.85. The van der Waals surface area contributed by atoms with Crippen LogP contribution in [0, 0.1) is 0 Å². The number of nitrogens with one attached hydrogen (secondary N) is 1. The lowest BCUT2D eigenvalue weighted by Gasteiger charge is -2.11. The lowest BCUT2D eigenvalue weighted by Crippen LogP contribution is -2.23. The van der Waals surface area contributed by atoms with E-state index in [1.54, 1.807) is 28.8 Å². The highest BCUT2D eigenvalue weighted by atomic mass is 35.5. The quantitative estimate of drug-likeness (QED) is 0.457. The molecule has 2 heterocycles. The Balaban J connectivity index is 1.75. The van der Waals surface area contributed by atoms with E-state index in [1.807, 2.05) is 11.4 Å². The van der Waals surface area contributed by atoms with Gasteiger partial charge in [0.2, 0.25) is 5.91 Å². The van der Waals surface area contributed by atoms with Gasteiger partial charge in [-0.2, -0.15) is 0 Å². The van der Waals surface area contributed by atoms with Crippen molar-refractivity contribution in [3.05, 3.63) is 51.1 Å². The Morgan fingerprint density at radius 3 is 2.81 bits per heavy atom. The van der Waals surface area contributed by atoms with Crippen LogP contribution in [-0.4, -0.2) is 21.2 Å². The third-order valence-electron chi connectivity index (χ3n) is 3.73. The lowest BCUT2D eigenvalue weighted by atomic mass is 10.3. The number of benzene rings is 1. The zero-order chi connectivity index (χ0) is 18.5. The second kappa shape index (κ2) is 8.70. The fraction of sp³-hybridized carbons (Fsp3) is 0.278. The molecule has 0 aliphatic rings. The summed E-state index contributed by atoms with van der Waals surface area (Å²) in [6.07, 6.45) is 1.87. The van der Waals surface area contributed by atoms with Gasteiger partial charge in [-0.25, -0.2) is 4.98 Å². The predicted molar refractivity (Wildman–Crippen MR) is 110 cm³/mol. The second-order valence-corrected chi connectivity index (χ2v) is 7.98. The summed E-state index contributed by atoms with van der Waals surface area (Å²) in [5, 5.41) is 5.88. The van der Waals surface area contributed by atoms with E-state index in [0.717, 1.165) is 12.8 Å². The van der Waals surface area contributed by atoms with Gasteiger partial charge in [0.15, 0.2) is 5.16 Å². The zero-order valence-electron chi connectivity index (χ0n) is 14.2. The smallest absolute Gasteiger partial charge is 0.272 e. The number of carbonyl (C=O) groups is 1. The van der Waals surface area contributed by atoms with Crippen LogP contribution in [0.1, 0.15) is 19.8 Å². The number of thiophene rings is 1. The first-order valence-corrected chi connectivity index (χ1v) is 10.5. The van der Waals surface area contributed by atoms with Crippen molar-refractivity contribution in [3.63, 3.8) is 0 Å². The van der Waals surface area contributed by atoms with E-state index in [2.05, 4.69) is 17.2 Å². The number of thioether (sulfide) groups is 1. The summed E-state index contributed by atoms with van der Waals surface area (Å²) in [5.41, 5.74) is 1.34. The van der Waals surface area contributed by atoms with Crippen LogP contribution < -0.4 is 10.9 Å². The molecule has 136 valence electrons. The van der Waals surface area contributed by atoms with Crippen molar-refractivity contribution in [1.82, 2.24) is 9.55 Å². The Morgan fingerprint density at radius 2 is 2.08 bits per heavy atom. The first-order chi connectivity index (χ1) is 12.6. The number of aromatic nitrogens is 2. The molecule has 0 atom stereocenters. The van der Waals surface area contributed by atoms with Gasteiger partial charge in [-0.15, -0.1) is 11.3 Å². The molecule has 0 radical (unpaired) electrons. The molecule has 1 amide bonds. The minimum absolute atomic E-state index is 0.0286. The summed E-state index contributed by atoms with van der Waals surface area (Å²) in [6.45, 7) is 2.69. The Hall–Kier alpha value is -1.83. The molecule has 0 saturated heterocycles. The van der Waals surface area contributed by atoms with Crippen LogP contribution in [-0.2, 0) is 11.3 Å². The molecule has 3 aromatic rings. The van der Waals surface area contributed by atoms with Gasteiger partial charge in [-0.1, -0.05) is 36.7 Å². The Bertz CT molecular complexity index is 967. The average Bonchev–Trinajstić information content (AvgIpc) is 3.10. The first-order valence-electron chi connectivity index (χ1n) is 8.24. The van der Waals surface area contributed by atoms with Gasteiger partial charge < -0.3 is 5.32 Å². The van der Waals surface area contributed by atoms with Gasteiger partial charge in [0, 0.05) is 17.3 Å². The van der Waals surface area contributed by atoms with Crippen molar-refractivity contribution >= 4 is 56.5 Å². The van der Waals surface area contributed by atoms with Crippen molar-refractivity contribution < 1.29 is 4.79 Å². The summed E-state index contributed by atoms with van der Waals surface area (Å²) < 4.78 is 2.35. The molecule has 26 heavy (non-hydrogen) atoms. The minimum atomic E-state index is -0.154. The maximum Gasteiger partial charge on any atom is 0.272 e. The molecule has 2 aromatic heterocycles. The number of rotatable bonds is 7. The number of anilines is 1. The molecule has 0 fully saturated rings. The van der Waals surface area contributed by atoms with Gasteiger partial charge in [0.05, 0.1) is 11.3 Å². The van der Waals surface area contributed by atoms with Crippen LogP contribution in [0.3, 0.4) is 0 Å². The Labute approximate surface area is 164 Å². The van der Waals surface area contributed by atoms with E-state index >= 15 is 0 Å². The van der Waals surface area contributed by atoms with Crippen LogP contribution in [0.2, 0.25) is 5.02 Å².